The quantitative estimate of drug-likeness (QED) is 0.883. The lowest BCUT2D eigenvalue weighted by atomic mass is 10.1. The molecule has 0 aliphatic heterocycles. The molecule has 1 aromatic carbocycles. The number of aryl methyl sites for hydroxylation is 1. The summed E-state index contributed by atoms with van der Waals surface area (Å²) < 4.78 is 5.23. The van der Waals surface area contributed by atoms with E-state index in [1.807, 2.05) is 6.92 Å². The molecule has 2 rings (SSSR count). The highest BCUT2D eigenvalue weighted by Gasteiger charge is 2.12. The van der Waals surface area contributed by atoms with Gasteiger partial charge in [0.25, 0.3) is 5.89 Å². The number of hydrogen-bond acceptors (Lipinski definition) is 4. The van der Waals surface area contributed by atoms with Gasteiger partial charge in [0.15, 0.2) is 5.82 Å². The van der Waals surface area contributed by atoms with E-state index in [-0.39, 0.29) is 5.75 Å². The third-order valence-corrected chi connectivity index (χ3v) is 2.50. The Balaban J connectivity index is 2.30. The summed E-state index contributed by atoms with van der Waals surface area (Å²) in [5, 5.41) is 13.3. The zero-order valence-electron chi connectivity index (χ0n) is 10.3. The first kappa shape index (κ1) is 11.6. The van der Waals surface area contributed by atoms with Crippen molar-refractivity contribution >= 4 is 0 Å². The van der Waals surface area contributed by atoms with Crippen LogP contribution in [-0.4, -0.2) is 15.2 Å². The molecule has 0 aliphatic rings. The molecule has 1 aromatic heterocycles. The summed E-state index contributed by atoms with van der Waals surface area (Å²) in [7, 11) is 0. The molecule has 90 valence electrons. The Hall–Kier alpha value is -1.84. The van der Waals surface area contributed by atoms with Crippen molar-refractivity contribution in [2.24, 2.45) is 5.92 Å². The standard InChI is InChI=1S/C13H16N2O2/c1-8(2)6-12-14-13(17-15-12)11-5-4-10(16)7-9(11)3/h4-5,7-8,16H,6H2,1-3H3. The molecule has 4 heteroatoms. The summed E-state index contributed by atoms with van der Waals surface area (Å²) in [4.78, 5) is 4.35. The van der Waals surface area contributed by atoms with Gasteiger partial charge in [-0.1, -0.05) is 19.0 Å². The average molecular weight is 232 g/mol. The summed E-state index contributed by atoms with van der Waals surface area (Å²) in [6.45, 7) is 6.13. The van der Waals surface area contributed by atoms with Crippen LogP contribution < -0.4 is 0 Å². The molecule has 0 saturated carbocycles. The van der Waals surface area contributed by atoms with E-state index >= 15 is 0 Å². The van der Waals surface area contributed by atoms with Crippen molar-refractivity contribution < 1.29 is 9.63 Å². The molecular formula is C13H16N2O2. The summed E-state index contributed by atoms with van der Waals surface area (Å²) >= 11 is 0. The zero-order chi connectivity index (χ0) is 12.4. The van der Waals surface area contributed by atoms with E-state index in [9.17, 15) is 5.11 Å². The van der Waals surface area contributed by atoms with Crippen molar-refractivity contribution in [3.63, 3.8) is 0 Å². The van der Waals surface area contributed by atoms with Crippen LogP contribution in [0.5, 0.6) is 5.75 Å². The van der Waals surface area contributed by atoms with Gasteiger partial charge in [0.05, 0.1) is 0 Å². The molecule has 0 amide bonds. The van der Waals surface area contributed by atoms with Crippen molar-refractivity contribution in [2.75, 3.05) is 0 Å². The number of benzene rings is 1. The van der Waals surface area contributed by atoms with E-state index in [0.29, 0.717) is 11.8 Å². The van der Waals surface area contributed by atoms with Gasteiger partial charge >= 0.3 is 0 Å². The molecule has 0 aliphatic carbocycles. The van der Waals surface area contributed by atoms with Crippen molar-refractivity contribution in [1.82, 2.24) is 10.1 Å². The maximum atomic E-state index is 9.34. The fraction of sp³-hybridized carbons (Fsp3) is 0.385. The van der Waals surface area contributed by atoms with Crippen molar-refractivity contribution in [1.29, 1.82) is 0 Å². The van der Waals surface area contributed by atoms with E-state index < -0.39 is 0 Å². The number of nitrogens with zero attached hydrogens (tertiary/aromatic N) is 2. The van der Waals surface area contributed by atoms with Crippen molar-refractivity contribution in [2.45, 2.75) is 27.2 Å². The number of rotatable bonds is 3. The summed E-state index contributed by atoms with van der Waals surface area (Å²) in [6.07, 6.45) is 0.806. The first-order chi connectivity index (χ1) is 8.06. The lowest BCUT2D eigenvalue weighted by Crippen LogP contribution is -1.95. The van der Waals surface area contributed by atoms with Crippen LogP contribution >= 0.6 is 0 Å². The minimum atomic E-state index is 0.244. The van der Waals surface area contributed by atoms with Gasteiger partial charge in [-0.05, 0) is 36.6 Å². The van der Waals surface area contributed by atoms with Crippen LogP contribution in [0.15, 0.2) is 22.7 Å². The second-order valence-corrected chi connectivity index (χ2v) is 4.61. The number of phenols is 1. The highest BCUT2D eigenvalue weighted by Crippen LogP contribution is 2.25. The van der Waals surface area contributed by atoms with Crippen LogP contribution in [0.1, 0.15) is 25.2 Å². The van der Waals surface area contributed by atoms with E-state index in [1.165, 1.54) is 0 Å². The van der Waals surface area contributed by atoms with Crippen LogP contribution in [0.3, 0.4) is 0 Å². The van der Waals surface area contributed by atoms with Gasteiger partial charge in [0.1, 0.15) is 5.75 Å². The highest BCUT2D eigenvalue weighted by molar-refractivity contribution is 5.59. The van der Waals surface area contributed by atoms with Gasteiger partial charge in [-0.2, -0.15) is 4.98 Å². The van der Waals surface area contributed by atoms with Gasteiger partial charge in [0, 0.05) is 12.0 Å². The molecule has 0 unspecified atom stereocenters. The number of phenolic OH excluding ortho intramolecular Hbond substituents is 1. The fourth-order valence-corrected chi connectivity index (χ4v) is 1.70. The van der Waals surface area contributed by atoms with E-state index in [1.54, 1.807) is 18.2 Å². The predicted octanol–water partition coefficient (Wildman–Crippen LogP) is 2.95. The fourth-order valence-electron chi connectivity index (χ4n) is 1.70. The summed E-state index contributed by atoms with van der Waals surface area (Å²) in [5.74, 6) is 1.98. The first-order valence-electron chi connectivity index (χ1n) is 5.69. The molecule has 1 N–H and O–H groups in total. The third kappa shape index (κ3) is 2.64. The summed E-state index contributed by atoms with van der Waals surface area (Å²) in [5.41, 5.74) is 1.79. The van der Waals surface area contributed by atoms with Crippen LogP contribution in [0.25, 0.3) is 11.5 Å². The van der Waals surface area contributed by atoms with Gasteiger partial charge in [-0.15, -0.1) is 0 Å². The lowest BCUT2D eigenvalue weighted by Gasteiger charge is -2.00. The molecule has 0 bridgehead atoms. The Morgan fingerprint density at radius 3 is 2.76 bits per heavy atom. The number of aromatic hydroxyl groups is 1. The zero-order valence-corrected chi connectivity index (χ0v) is 10.3. The lowest BCUT2D eigenvalue weighted by molar-refractivity contribution is 0.417. The SMILES string of the molecule is Cc1cc(O)ccc1-c1nc(CC(C)C)no1. The van der Waals surface area contributed by atoms with Gasteiger partial charge in [-0.3, -0.25) is 0 Å². The second-order valence-electron chi connectivity index (χ2n) is 4.61. The molecule has 2 aromatic rings. The maximum Gasteiger partial charge on any atom is 0.258 e. The molecular weight excluding hydrogens is 216 g/mol. The molecule has 0 atom stereocenters. The van der Waals surface area contributed by atoms with E-state index in [2.05, 4.69) is 24.0 Å². The minimum Gasteiger partial charge on any atom is -0.508 e. The normalized spacial score (nSPS) is 11.1. The third-order valence-electron chi connectivity index (χ3n) is 2.50. The summed E-state index contributed by atoms with van der Waals surface area (Å²) in [6, 6.07) is 5.09. The first-order valence-corrected chi connectivity index (χ1v) is 5.69. The molecule has 0 saturated heterocycles. The van der Waals surface area contributed by atoms with Crippen molar-refractivity contribution in [3.05, 3.63) is 29.6 Å². The molecule has 0 spiro atoms. The number of hydrogen-bond donors (Lipinski definition) is 1. The molecule has 1 heterocycles. The second kappa shape index (κ2) is 4.57. The Bertz CT molecular complexity index is 518. The predicted molar refractivity (Wildman–Crippen MR) is 64.7 cm³/mol. The Labute approximate surface area is 100 Å². The smallest absolute Gasteiger partial charge is 0.258 e. The highest BCUT2D eigenvalue weighted by atomic mass is 16.5. The number of aromatic nitrogens is 2. The largest absolute Gasteiger partial charge is 0.508 e. The van der Waals surface area contributed by atoms with Crippen LogP contribution in [-0.2, 0) is 6.42 Å². The van der Waals surface area contributed by atoms with Gasteiger partial charge < -0.3 is 9.63 Å². The Morgan fingerprint density at radius 1 is 1.35 bits per heavy atom. The van der Waals surface area contributed by atoms with Gasteiger partial charge in [-0.25, -0.2) is 0 Å². The van der Waals surface area contributed by atoms with Crippen molar-refractivity contribution in [3.8, 4) is 17.2 Å². The Morgan fingerprint density at radius 2 is 2.12 bits per heavy atom. The Kier molecular flexibility index (Phi) is 3.13. The van der Waals surface area contributed by atoms with Crippen LogP contribution in [0, 0.1) is 12.8 Å². The maximum absolute atomic E-state index is 9.34. The molecule has 0 fully saturated rings. The van der Waals surface area contributed by atoms with Crippen LogP contribution in [0.4, 0.5) is 0 Å². The molecule has 17 heavy (non-hydrogen) atoms. The van der Waals surface area contributed by atoms with Gasteiger partial charge in [0.2, 0.25) is 0 Å². The monoisotopic (exact) mass is 232 g/mol. The average Bonchev–Trinajstić information content (AvgIpc) is 2.65. The minimum absolute atomic E-state index is 0.244. The van der Waals surface area contributed by atoms with E-state index in [0.717, 1.165) is 23.4 Å². The van der Waals surface area contributed by atoms with Crippen LogP contribution in [0.2, 0.25) is 0 Å². The molecule has 4 nitrogen and oxygen atoms in total. The topological polar surface area (TPSA) is 59.2 Å². The van der Waals surface area contributed by atoms with E-state index in [4.69, 9.17) is 4.52 Å². The molecule has 0 radical (unpaired) electrons.